The zero-order chi connectivity index (χ0) is 23.9. The van der Waals surface area contributed by atoms with Crippen LogP contribution in [0, 0.1) is 3.57 Å². The fraction of sp³-hybridized carbons (Fsp3) is 0.364. The Bertz CT molecular complexity index is 1030. The lowest BCUT2D eigenvalue weighted by molar-refractivity contribution is -0.139. The van der Waals surface area contributed by atoms with E-state index >= 15 is 0 Å². The molecule has 0 spiro atoms. The van der Waals surface area contributed by atoms with Gasteiger partial charge in [0, 0.05) is 21.7 Å². The van der Waals surface area contributed by atoms with Crippen molar-refractivity contribution in [3.63, 3.8) is 0 Å². The van der Waals surface area contributed by atoms with E-state index in [1.54, 1.807) is 55.5 Å². The van der Waals surface area contributed by atoms with Crippen molar-refractivity contribution in [3.05, 3.63) is 62.7 Å². The van der Waals surface area contributed by atoms with E-state index in [4.69, 9.17) is 11.6 Å². The van der Waals surface area contributed by atoms with Gasteiger partial charge >= 0.3 is 0 Å². The van der Waals surface area contributed by atoms with Gasteiger partial charge in [0.05, 0.1) is 11.9 Å². The second-order valence-electron chi connectivity index (χ2n) is 7.36. The molecule has 0 aromatic heterocycles. The van der Waals surface area contributed by atoms with Gasteiger partial charge in [-0.05, 0) is 77.9 Å². The van der Waals surface area contributed by atoms with Crippen molar-refractivity contribution in [2.75, 3.05) is 23.7 Å². The quantitative estimate of drug-likeness (QED) is 0.428. The number of amides is 2. The number of halogens is 2. The molecule has 0 fully saturated rings. The summed E-state index contributed by atoms with van der Waals surface area (Å²) in [6.45, 7) is 3.78. The van der Waals surface area contributed by atoms with Crippen LogP contribution < -0.4 is 9.62 Å². The van der Waals surface area contributed by atoms with Crippen molar-refractivity contribution in [2.24, 2.45) is 0 Å². The van der Waals surface area contributed by atoms with Gasteiger partial charge in [0.2, 0.25) is 21.8 Å². The molecule has 0 heterocycles. The minimum absolute atomic E-state index is 0.140. The first-order valence-corrected chi connectivity index (χ1v) is 13.4. The molecule has 0 aliphatic carbocycles. The third-order valence-electron chi connectivity index (χ3n) is 4.78. The predicted molar refractivity (Wildman–Crippen MR) is 136 cm³/mol. The first kappa shape index (κ1) is 26.4. The summed E-state index contributed by atoms with van der Waals surface area (Å²) in [7, 11) is -3.73. The Morgan fingerprint density at radius 2 is 1.69 bits per heavy atom. The molecular formula is C22H27ClIN3O4S. The van der Waals surface area contributed by atoms with Crippen LogP contribution in [-0.2, 0) is 26.2 Å². The second kappa shape index (κ2) is 11.9. The van der Waals surface area contributed by atoms with Crippen molar-refractivity contribution in [2.45, 2.75) is 32.9 Å². The number of hydrogen-bond acceptors (Lipinski definition) is 4. The molecule has 174 valence electrons. The van der Waals surface area contributed by atoms with Crippen LogP contribution >= 0.6 is 34.2 Å². The van der Waals surface area contributed by atoms with E-state index in [0.717, 1.165) is 26.1 Å². The molecule has 32 heavy (non-hydrogen) atoms. The minimum atomic E-state index is -3.73. The Morgan fingerprint density at radius 1 is 1.09 bits per heavy atom. The summed E-state index contributed by atoms with van der Waals surface area (Å²) in [6, 6.07) is 13.0. The normalized spacial score (nSPS) is 12.2. The SMILES string of the molecule is CCCNC(=O)[C@H](C)N(Cc1ccc(Cl)cc1)C(=O)CN(c1ccc(I)cc1)S(C)(=O)=O. The Hall–Kier alpha value is -1.85. The van der Waals surface area contributed by atoms with Crippen molar-refractivity contribution < 1.29 is 18.0 Å². The van der Waals surface area contributed by atoms with Crippen LogP contribution in [0.25, 0.3) is 0 Å². The van der Waals surface area contributed by atoms with Gasteiger partial charge in [0.15, 0.2) is 0 Å². The first-order chi connectivity index (χ1) is 15.0. The number of sulfonamides is 1. The Balaban J connectivity index is 2.34. The third kappa shape index (κ3) is 7.63. The standard InChI is InChI=1S/C22H27ClIN3O4S/c1-4-13-25-22(29)16(2)26(14-17-5-7-18(23)8-6-17)21(28)15-27(32(3,30)31)20-11-9-19(24)10-12-20/h5-12,16H,4,13-15H2,1-3H3,(H,25,29)/t16-/m0/s1. The van der Waals surface area contributed by atoms with E-state index in [1.807, 2.05) is 6.92 Å². The molecule has 0 unspecified atom stereocenters. The van der Waals surface area contributed by atoms with Gasteiger partial charge in [-0.25, -0.2) is 8.42 Å². The summed E-state index contributed by atoms with van der Waals surface area (Å²) < 4.78 is 26.9. The zero-order valence-electron chi connectivity index (χ0n) is 18.2. The largest absolute Gasteiger partial charge is 0.354 e. The Morgan fingerprint density at radius 3 is 2.22 bits per heavy atom. The van der Waals surface area contributed by atoms with Gasteiger partial charge in [-0.3, -0.25) is 13.9 Å². The molecule has 0 saturated carbocycles. The molecule has 1 atom stereocenters. The smallest absolute Gasteiger partial charge is 0.244 e. The Kier molecular flexibility index (Phi) is 9.78. The lowest BCUT2D eigenvalue weighted by atomic mass is 10.1. The summed E-state index contributed by atoms with van der Waals surface area (Å²) in [5.41, 5.74) is 1.16. The highest BCUT2D eigenvalue weighted by Gasteiger charge is 2.29. The maximum atomic E-state index is 13.3. The topological polar surface area (TPSA) is 86.8 Å². The summed E-state index contributed by atoms with van der Waals surface area (Å²) in [4.78, 5) is 27.4. The van der Waals surface area contributed by atoms with Crippen LogP contribution in [0.4, 0.5) is 5.69 Å². The number of carbonyl (C=O) groups is 2. The van der Waals surface area contributed by atoms with Gasteiger partial charge in [0.25, 0.3) is 0 Å². The number of nitrogens with one attached hydrogen (secondary N) is 1. The van der Waals surface area contributed by atoms with Crippen molar-refractivity contribution in [3.8, 4) is 0 Å². The van der Waals surface area contributed by atoms with Crippen LogP contribution in [0.1, 0.15) is 25.8 Å². The molecular weight excluding hydrogens is 565 g/mol. The lowest BCUT2D eigenvalue weighted by Gasteiger charge is -2.31. The van der Waals surface area contributed by atoms with Gasteiger partial charge in [-0.15, -0.1) is 0 Å². The number of nitrogens with zero attached hydrogens (tertiary/aromatic N) is 2. The molecule has 2 rings (SSSR count). The van der Waals surface area contributed by atoms with E-state index in [2.05, 4.69) is 27.9 Å². The zero-order valence-corrected chi connectivity index (χ0v) is 21.9. The number of carbonyl (C=O) groups excluding carboxylic acids is 2. The van der Waals surface area contributed by atoms with Crippen molar-refractivity contribution in [1.82, 2.24) is 10.2 Å². The van der Waals surface area contributed by atoms with E-state index < -0.39 is 28.5 Å². The number of rotatable bonds is 10. The summed E-state index contributed by atoms with van der Waals surface area (Å²) in [6.07, 6.45) is 1.82. The van der Waals surface area contributed by atoms with E-state index in [9.17, 15) is 18.0 Å². The molecule has 2 amide bonds. The molecule has 2 aromatic carbocycles. The highest BCUT2D eigenvalue weighted by molar-refractivity contribution is 14.1. The molecule has 0 bridgehead atoms. The van der Waals surface area contributed by atoms with E-state index in [1.165, 1.54) is 4.90 Å². The van der Waals surface area contributed by atoms with Crippen LogP contribution in [0.5, 0.6) is 0 Å². The van der Waals surface area contributed by atoms with Gasteiger partial charge in [0.1, 0.15) is 12.6 Å². The maximum absolute atomic E-state index is 13.3. The molecule has 0 saturated heterocycles. The van der Waals surface area contributed by atoms with Crippen LogP contribution in [-0.4, -0.2) is 50.5 Å². The average Bonchev–Trinajstić information content (AvgIpc) is 2.74. The fourth-order valence-electron chi connectivity index (χ4n) is 2.99. The molecule has 1 N–H and O–H groups in total. The predicted octanol–water partition coefficient (Wildman–Crippen LogP) is 3.65. The molecule has 2 aromatic rings. The van der Waals surface area contributed by atoms with Crippen LogP contribution in [0.3, 0.4) is 0 Å². The van der Waals surface area contributed by atoms with Gasteiger partial charge in [-0.1, -0.05) is 30.7 Å². The van der Waals surface area contributed by atoms with Crippen molar-refractivity contribution >= 4 is 61.7 Å². The maximum Gasteiger partial charge on any atom is 0.244 e. The summed E-state index contributed by atoms with van der Waals surface area (Å²) in [5.74, 6) is -0.780. The molecule has 0 aliphatic rings. The number of hydrogen-bond donors (Lipinski definition) is 1. The van der Waals surface area contributed by atoms with Crippen molar-refractivity contribution in [1.29, 1.82) is 0 Å². The molecule has 10 heteroatoms. The number of anilines is 1. The monoisotopic (exact) mass is 591 g/mol. The average molecular weight is 592 g/mol. The van der Waals surface area contributed by atoms with Crippen LogP contribution in [0.15, 0.2) is 48.5 Å². The Labute approximate surface area is 208 Å². The second-order valence-corrected chi connectivity index (χ2v) is 11.0. The lowest BCUT2D eigenvalue weighted by Crippen LogP contribution is -2.51. The van der Waals surface area contributed by atoms with Crippen LogP contribution in [0.2, 0.25) is 5.02 Å². The molecule has 0 radical (unpaired) electrons. The number of benzene rings is 2. The minimum Gasteiger partial charge on any atom is -0.354 e. The summed E-state index contributed by atoms with van der Waals surface area (Å²) in [5, 5.41) is 3.35. The summed E-state index contributed by atoms with van der Waals surface area (Å²) >= 11 is 8.08. The highest BCUT2D eigenvalue weighted by atomic mass is 127. The first-order valence-electron chi connectivity index (χ1n) is 10.1. The van der Waals surface area contributed by atoms with Gasteiger partial charge < -0.3 is 10.2 Å². The van der Waals surface area contributed by atoms with E-state index in [0.29, 0.717) is 17.3 Å². The third-order valence-corrected chi connectivity index (χ3v) is 6.89. The van der Waals surface area contributed by atoms with E-state index in [-0.39, 0.29) is 12.5 Å². The molecule has 7 nitrogen and oxygen atoms in total. The fourth-order valence-corrected chi connectivity index (χ4v) is 4.32. The highest BCUT2D eigenvalue weighted by Crippen LogP contribution is 2.20. The molecule has 0 aliphatic heterocycles. The van der Waals surface area contributed by atoms with Gasteiger partial charge in [-0.2, -0.15) is 0 Å².